The van der Waals surface area contributed by atoms with Gasteiger partial charge in [0.15, 0.2) is 0 Å². The second kappa shape index (κ2) is 12.7. The van der Waals surface area contributed by atoms with Crippen LogP contribution in [0.4, 0.5) is 5.69 Å². The van der Waals surface area contributed by atoms with E-state index in [2.05, 4.69) is 71.1 Å². The number of hydrogen-bond acceptors (Lipinski definition) is 9. The fraction of sp³-hybridized carbons (Fsp3) is 0.359. The van der Waals surface area contributed by atoms with Crippen LogP contribution in [-0.4, -0.2) is 63.7 Å². The van der Waals surface area contributed by atoms with Crippen LogP contribution in [0.15, 0.2) is 59.6 Å². The molecule has 0 radical (unpaired) electrons. The van der Waals surface area contributed by atoms with E-state index < -0.39 is 11.9 Å². The minimum Gasteiger partial charge on any atom is -0.460 e. The molecule has 3 heterocycles. The molecule has 0 saturated carbocycles. The Morgan fingerprint density at radius 3 is 2.15 bits per heavy atom. The van der Waals surface area contributed by atoms with E-state index in [0.717, 1.165) is 49.7 Å². The van der Waals surface area contributed by atoms with Gasteiger partial charge >= 0.3 is 11.9 Å². The van der Waals surface area contributed by atoms with Gasteiger partial charge in [0.2, 0.25) is 0 Å². The van der Waals surface area contributed by atoms with Crippen molar-refractivity contribution < 1.29 is 33.3 Å². The summed E-state index contributed by atoms with van der Waals surface area (Å²) in [6, 6.07) is 13.0. The lowest BCUT2D eigenvalue weighted by Crippen LogP contribution is -2.32. The molecule has 0 fully saturated rings. The number of benzene rings is 3. The number of allylic oxidation sites excluding steroid dienone is 2. The largest absolute Gasteiger partial charge is 0.460 e. The molecular weight excluding hydrogens is 608 g/mol. The van der Waals surface area contributed by atoms with Gasteiger partial charge in [-0.05, 0) is 88.6 Å². The molecule has 3 aliphatic heterocycles. The van der Waals surface area contributed by atoms with Gasteiger partial charge in [0, 0.05) is 59.5 Å². The maximum atomic E-state index is 13.7. The number of carbonyl (C=O) groups is 2. The highest BCUT2D eigenvalue weighted by molar-refractivity contribution is 6.02. The normalized spacial score (nSPS) is 16.4. The predicted molar refractivity (Wildman–Crippen MR) is 185 cm³/mol. The van der Waals surface area contributed by atoms with Crippen molar-refractivity contribution in [2.24, 2.45) is 4.99 Å². The molecule has 48 heavy (non-hydrogen) atoms. The predicted octanol–water partition coefficient (Wildman–Crippen LogP) is 6.07. The Bertz CT molecular complexity index is 2020. The van der Waals surface area contributed by atoms with Crippen LogP contribution in [0.25, 0.3) is 16.7 Å². The highest BCUT2D eigenvalue weighted by atomic mass is 16.6. The third-order valence-corrected chi connectivity index (χ3v) is 8.62. The molecule has 3 aromatic rings. The van der Waals surface area contributed by atoms with Gasteiger partial charge < -0.3 is 29.0 Å². The number of carbonyl (C=O) groups excluding carboxylic acids is 2. The number of fused-ring (bicyclic) bond motifs is 4. The summed E-state index contributed by atoms with van der Waals surface area (Å²) in [5.74, 6) is 0.149. The van der Waals surface area contributed by atoms with Crippen molar-refractivity contribution >= 4 is 34.3 Å². The van der Waals surface area contributed by atoms with Gasteiger partial charge in [-0.25, -0.2) is 9.59 Å². The molecule has 9 heteroatoms. The molecule has 0 bridgehead atoms. The summed E-state index contributed by atoms with van der Waals surface area (Å²) in [6.07, 6.45) is 4.34. The second-order valence-electron chi connectivity index (χ2n) is 13.5. The molecule has 0 saturated heterocycles. The molecule has 3 aliphatic rings. The highest BCUT2D eigenvalue weighted by Crippen LogP contribution is 2.44. The standard InChI is InChI=1S/C39H42N2O7/c1-22-20-38(3,4)40-31-18-33-29(16-26(22)31)35(30-17-27-23(2)21-39(5,6)41-32(27)19-34(30)48-33)28-15-24(36(42)46-13-11-44-7)9-10-25(28)37(43)47-14-12-45-8/h9-10,15-21,40H,11-14H2,1-8H3. The Morgan fingerprint density at radius 2 is 1.44 bits per heavy atom. The number of rotatable bonds is 9. The molecule has 6 rings (SSSR count). The Hall–Kier alpha value is -4.73. The first-order valence-electron chi connectivity index (χ1n) is 16.1. The Labute approximate surface area is 280 Å². The maximum absolute atomic E-state index is 13.7. The molecule has 0 aliphatic carbocycles. The van der Waals surface area contributed by atoms with Crippen molar-refractivity contribution in [1.29, 1.82) is 0 Å². The Kier molecular flexibility index (Phi) is 8.78. The minimum atomic E-state index is -0.535. The maximum Gasteiger partial charge on any atom is 0.338 e. The first kappa shape index (κ1) is 33.2. The minimum absolute atomic E-state index is 0.0783. The molecule has 0 amide bonds. The fourth-order valence-electron chi connectivity index (χ4n) is 6.71. The quantitative estimate of drug-likeness (QED) is 0.172. The lowest BCUT2D eigenvalue weighted by molar-refractivity contribution is 0.0376. The summed E-state index contributed by atoms with van der Waals surface area (Å²) in [7, 11) is 3.09. The van der Waals surface area contributed by atoms with E-state index in [1.807, 2.05) is 12.1 Å². The lowest BCUT2D eigenvalue weighted by atomic mass is 9.84. The van der Waals surface area contributed by atoms with Crippen molar-refractivity contribution in [2.45, 2.75) is 52.6 Å². The molecular formula is C39H42N2O7. The average molecular weight is 651 g/mol. The van der Waals surface area contributed by atoms with Crippen LogP contribution < -0.4 is 20.6 Å². The Balaban J connectivity index is 1.67. The van der Waals surface area contributed by atoms with Gasteiger partial charge in [0.1, 0.15) is 24.7 Å². The van der Waals surface area contributed by atoms with Gasteiger partial charge in [-0.2, -0.15) is 0 Å². The number of hydrogen-bond donors (Lipinski definition) is 1. The molecule has 0 atom stereocenters. The van der Waals surface area contributed by atoms with E-state index in [1.54, 1.807) is 32.4 Å². The fourth-order valence-corrected chi connectivity index (χ4v) is 6.71. The van der Waals surface area contributed by atoms with E-state index in [-0.39, 0.29) is 37.5 Å². The Morgan fingerprint density at radius 1 is 0.750 bits per heavy atom. The molecule has 9 nitrogen and oxygen atoms in total. The summed E-state index contributed by atoms with van der Waals surface area (Å²) in [6.45, 7) is 13.2. The van der Waals surface area contributed by atoms with Crippen molar-refractivity contribution in [1.82, 2.24) is 0 Å². The number of esters is 2. The molecule has 0 aromatic heterocycles. The zero-order chi connectivity index (χ0) is 34.4. The van der Waals surface area contributed by atoms with E-state index in [0.29, 0.717) is 28.2 Å². The zero-order valence-corrected chi connectivity index (χ0v) is 28.8. The van der Waals surface area contributed by atoms with Crippen LogP contribution >= 0.6 is 0 Å². The molecule has 0 unspecified atom stereocenters. The third-order valence-electron chi connectivity index (χ3n) is 8.62. The second-order valence-corrected chi connectivity index (χ2v) is 13.5. The molecule has 0 spiro atoms. The number of anilines is 1. The van der Waals surface area contributed by atoms with E-state index in [1.165, 1.54) is 0 Å². The number of nitrogens with zero attached hydrogens (tertiary/aromatic N) is 1. The van der Waals surface area contributed by atoms with Crippen molar-refractivity contribution in [3.63, 3.8) is 0 Å². The van der Waals surface area contributed by atoms with Gasteiger partial charge in [0.05, 0.1) is 40.8 Å². The first-order chi connectivity index (χ1) is 22.8. The van der Waals surface area contributed by atoms with Crippen LogP contribution in [0.2, 0.25) is 0 Å². The summed E-state index contributed by atoms with van der Waals surface area (Å²) in [4.78, 5) is 32.0. The van der Waals surface area contributed by atoms with Gasteiger partial charge in [-0.15, -0.1) is 0 Å². The highest BCUT2D eigenvalue weighted by Gasteiger charge is 2.31. The lowest BCUT2D eigenvalue weighted by Gasteiger charge is -2.33. The average Bonchev–Trinajstić information content (AvgIpc) is 3.01. The number of ether oxygens (including phenoxy) is 5. The topological polar surface area (TPSA) is 105 Å². The zero-order valence-electron chi connectivity index (χ0n) is 28.8. The van der Waals surface area contributed by atoms with Gasteiger partial charge in [-0.3, -0.25) is 4.99 Å². The van der Waals surface area contributed by atoms with Crippen LogP contribution in [0.3, 0.4) is 0 Å². The summed E-state index contributed by atoms with van der Waals surface area (Å²) >= 11 is 0. The summed E-state index contributed by atoms with van der Waals surface area (Å²) in [5.41, 5.74) is 7.12. The smallest absolute Gasteiger partial charge is 0.338 e. The van der Waals surface area contributed by atoms with E-state index in [4.69, 9.17) is 28.7 Å². The first-order valence-corrected chi connectivity index (χ1v) is 16.1. The van der Waals surface area contributed by atoms with E-state index >= 15 is 0 Å². The molecule has 250 valence electrons. The molecule has 1 N–H and O–H groups in total. The van der Waals surface area contributed by atoms with Crippen molar-refractivity contribution in [3.8, 4) is 11.5 Å². The molecule has 3 aromatic carbocycles. The van der Waals surface area contributed by atoms with Crippen LogP contribution in [0, 0.1) is 0 Å². The van der Waals surface area contributed by atoms with Crippen LogP contribution in [0.5, 0.6) is 11.5 Å². The number of nitrogens with one attached hydrogen (secondary N) is 1. The van der Waals surface area contributed by atoms with Gasteiger partial charge in [0.25, 0.3) is 0 Å². The van der Waals surface area contributed by atoms with Crippen LogP contribution in [-0.2, 0) is 18.9 Å². The summed E-state index contributed by atoms with van der Waals surface area (Å²) in [5, 5.41) is 5.21. The third kappa shape index (κ3) is 6.40. The summed E-state index contributed by atoms with van der Waals surface area (Å²) < 4.78 is 28.0. The SMILES string of the molecule is COCCOC(=O)c1ccc(C(=O)OCCOC)c(C2=c3cc4c(cc3Oc3cc5c(cc32)C(C)=CC(C)(C)N5)=NC(C)(C)C=C4C)c1. The van der Waals surface area contributed by atoms with E-state index in [9.17, 15) is 9.59 Å². The van der Waals surface area contributed by atoms with Crippen molar-refractivity contribution in [3.05, 3.63) is 98.6 Å². The monoisotopic (exact) mass is 650 g/mol. The number of methoxy groups -OCH3 is 2. The van der Waals surface area contributed by atoms with Gasteiger partial charge in [-0.1, -0.05) is 12.2 Å². The van der Waals surface area contributed by atoms with Crippen molar-refractivity contribution in [2.75, 3.05) is 46.0 Å². The van der Waals surface area contributed by atoms with Crippen LogP contribution in [0.1, 0.15) is 84.5 Å².